The molecule has 1 aliphatic rings. The summed E-state index contributed by atoms with van der Waals surface area (Å²) >= 11 is 0. The molecule has 1 N–H and O–H groups in total. The monoisotopic (exact) mass is 298 g/mol. The number of ether oxygens (including phenoxy) is 2. The lowest BCUT2D eigenvalue weighted by Gasteiger charge is -2.16. The van der Waals surface area contributed by atoms with E-state index >= 15 is 0 Å². The zero-order chi connectivity index (χ0) is 15.2. The van der Waals surface area contributed by atoms with Crippen LogP contribution in [0, 0.1) is 11.7 Å². The minimum Gasteiger partial charge on any atom is -0.479 e. The lowest BCUT2D eigenvalue weighted by Crippen LogP contribution is -2.29. The van der Waals surface area contributed by atoms with Crippen LogP contribution >= 0.6 is 0 Å². The molecule has 0 spiro atoms. The van der Waals surface area contributed by atoms with E-state index in [0.29, 0.717) is 32.7 Å². The maximum atomic E-state index is 13.2. The lowest BCUT2D eigenvalue weighted by atomic mass is 10.1. The number of carbonyl (C=O) groups excluding carboxylic acids is 1. The summed E-state index contributed by atoms with van der Waals surface area (Å²) in [6.07, 6.45) is 1.54. The molecule has 116 valence electrons. The van der Waals surface area contributed by atoms with Crippen LogP contribution in [0.4, 0.5) is 10.3 Å². The Balaban J connectivity index is 1.85. The molecule has 1 aromatic rings. The van der Waals surface area contributed by atoms with Crippen LogP contribution in [0.2, 0.25) is 0 Å². The lowest BCUT2D eigenvalue weighted by molar-refractivity contribution is -0.128. The summed E-state index contributed by atoms with van der Waals surface area (Å²) in [6, 6.07) is 0. The fourth-order valence-electron chi connectivity index (χ4n) is 2.22. The van der Waals surface area contributed by atoms with Gasteiger partial charge in [-0.1, -0.05) is 0 Å². The Kier molecular flexibility index (Phi) is 5.26. The molecule has 1 atom stereocenters. The molecule has 2 heterocycles. The molecular weight excluding hydrogens is 279 g/mol. The number of rotatable bonds is 7. The summed E-state index contributed by atoms with van der Waals surface area (Å²) in [6.45, 7) is 2.36. The Morgan fingerprint density at radius 3 is 3.05 bits per heavy atom. The number of methoxy groups -OCH3 is 2. The van der Waals surface area contributed by atoms with Gasteiger partial charge in [-0.15, -0.1) is 0 Å². The molecule has 1 aliphatic heterocycles. The summed E-state index contributed by atoms with van der Waals surface area (Å²) in [4.78, 5) is 21.3. The van der Waals surface area contributed by atoms with Gasteiger partial charge in [0, 0.05) is 39.1 Å². The predicted octanol–water partition coefficient (Wildman–Crippen LogP) is 0.531. The molecular formula is C13H19FN4O3. The van der Waals surface area contributed by atoms with E-state index in [1.807, 2.05) is 0 Å². The zero-order valence-corrected chi connectivity index (χ0v) is 12.1. The summed E-state index contributed by atoms with van der Waals surface area (Å²) in [5.74, 6) is -0.122. The quantitative estimate of drug-likeness (QED) is 0.791. The highest BCUT2D eigenvalue weighted by atomic mass is 19.1. The zero-order valence-electron chi connectivity index (χ0n) is 12.1. The van der Waals surface area contributed by atoms with Crippen molar-refractivity contribution >= 4 is 11.9 Å². The summed E-state index contributed by atoms with van der Waals surface area (Å²) in [5, 5.41) is 3.01. The average Bonchev–Trinajstić information content (AvgIpc) is 2.84. The number of hydrogen-bond donors (Lipinski definition) is 1. The second kappa shape index (κ2) is 7.16. The van der Waals surface area contributed by atoms with Gasteiger partial charge in [-0.25, -0.2) is 4.98 Å². The topological polar surface area (TPSA) is 76.6 Å². The molecule has 21 heavy (non-hydrogen) atoms. The highest BCUT2D eigenvalue weighted by Gasteiger charge is 2.29. The number of likely N-dealkylation sites (tertiary alicyclic amines) is 1. The molecule has 1 amide bonds. The number of hydrogen-bond acceptors (Lipinski definition) is 6. The molecule has 1 unspecified atom stereocenters. The predicted molar refractivity (Wildman–Crippen MR) is 73.6 cm³/mol. The Morgan fingerprint density at radius 1 is 1.52 bits per heavy atom. The van der Waals surface area contributed by atoms with E-state index in [2.05, 4.69) is 15.3 Å². The van der Waals surface area contributed by atoms with Gasteiger partial charge in [0.15, 0.2) is 0 Å². The van der Waals surface area contributed by atoms with Crippen molar-refractivity contribution in [1.29, 1.82) is 0 Å². The van der Waals surface area contributed by atoms with E-state index in [-0.39, 0.29) is 23.7 Å². The van der Waals surface area contributed by atoms with Crippen LogP contribution in [0.5, 0.6) is 5.88 Å². The Hall–Kier alpha value is -1.96. The first kappa shape index (κ1) is 15.4. The minimum absolute atomic E-state index is 0.100. The molecule has 1 aromatic heterocycles. The third kappa shape index (κ3) is 4.01. The van der Waals surface area contributed by atoms with E-state index in [1.165, 1.54) is 7.11 Å². The van der Waals surface area contributed by atoms with E-state index in [1.54, 1.807) is 12.0 Å². The summed E-state index contributed by atoms with van der Waals surface area (Å²) in [5.41, 5.74) is 0. The normalized spacial score (nSPS) is 18.1. The third-order valence-corrected chi connectivity index (χ3v) is 3.31. The average molecular weight is 298 g/mol. The Morgan fingerprint density at radius 2 is 2.33 bits per heavy atom. The fraction of sp³-hybridized carbons (Fsp3) is 0.615. The van der Waals surface area contributed by atoms with Crippen molar-refractivity contribution in [2.24, 2.45) is 5.92 Å². The molecule has 0 aliphatic carbocycles. The van der Waals surface area contributed by atoms with E-state index in [9.17, 15) is 9.18 Å². The van der Waals surface area contributed by atoms with Gasteiger partial charge in [0.2, 0.25) is 17.7 Å². The van der Waals surface area contributed by atoms with Crippen LogP contribution in [0.1, 0.15) is 6.42 Å². The number of aromatic nitrogens is 2. The first-order chi connectivity index (χ1) is 10.1. The number of halogens is 1. The van der Waals surface area contributed by atoms with E-state index in [0.717, 1.165) is 6.20 Å². The largest absolute Gasteiger partial charge is 0.479 e. The van der Waals surface area contributed by atoms with Crippen LogP contribution in [-0.2, 0) is 9.53 Å². The van der Waals surface area contributed by atoms with Crippen LogP contribution in [0.15, 0.2) is 6.20 Å². The maximum absolute atomic E-state index is 13.2. The summed E-state index contributed by atoms with van der Waals surface area (Å²) < 4.78 is 23.0. The van der Waals surface area contributed by atoms with Crippen LogP contribution in [0.25, 0.3) is 0 Å². The third-order valence-electron chi connectivity index (χ3n) is 3.31. The van der Waals surface area contributed by atoms with Crippen molar-refractivity contribution in [2.45, 2.75) is 6.42 Å². The first-order valence-corrected chi connectivity index (χ1v) is 6.71. The van der Waals surface area contributed by atoms with E-state index < -0.39 is 5.82 Å². The highest BCUT2D eigenvalue weighted by Crippen LogP contribution is 2.19. The number of amides is 1. The molecule has 0 saturated carbocycles. The standard InChI is InChI=1S/C13H19FN4O3/c1-20-4-3-18-8-9(5-11(18)19)6-15-13-16-7-10(14)12(17-13)21-2/h7,9H,3-6,8H2,1-2H3,(H,15,16,17). The highest BCUT2D eigenvalue weighted by molar-refractivity contribution is 5.78. The molecule has 8 heteroatoms. The molecule has 7 nitrogen and oxygen atoms in total. The maximum Gasteiger partial charge on any atom is 0.255 e. The Labute approximate surface area is 122 Å². The van der Waals surface area contributed by atoms with Gasteiger partial charge in [0.1, 0.15) is 0 Å². The van der Waals surface area contributed by atoms with Gasteiger partial charge < -0.3 is 19.7 Å². The van der Waals surface area contributed by atoms with Gasteiger partial charge in [-0.05, 0) is 0 Å². The van der Waals surface area contributed by atoms with Crippen LogP contribution in [0.3, 0.4) is 0 Å². The minimum atomic E-state index is -0.607. The smallest absolute Gasteiger partial charge is 0.255 e. The fourth-order valence-corrected chi connectivity index (χ4v) is 2.22. The van der Waals surface area contributed by atoms with E-state index in [4.69, 9.17) is 9.47 Å². The van der Waals surface area contributed by atoms with Crippen molar-refractivity contribution in [2.75, 3.05) is 45.8 Å². The van der Waals surface area contributed by atoms with Gasteiger partial charge in [0.25, 0.3) is 5.88 Å². The molecule has 1 saturated heterocycles. The summed E-state index contributed by atoms with van der Waals surface area (Å²) in [7, 11) is 2.96. The van der Waals surface area contributed by atoms with Gasteiger partial charge in [0.05, 0.1) is 19.9 Å². The van der Waals surface area contributed by atoms with Crippen molar-refractivity contribution in [3.05, 3.63) is 12.0 Å². The van der Waals surface area contributed by atoms with Gasteiger partial charge in [-0.2, -0.15) is 9.37 Å². The van der Waals surface area contributed by atoms with Crippen LogP contribution < -0.4 is 10.1 Å². The molecule has 0 radical (unpaired) electrons. The molecule has 0 bridgehead atoms. The van der Waals surface area contributed by atoms with Crippen LogP contribution in [-0.4, -0.2) is 61.2 Å². The number of nitrogens with one attached hydrogen (secondary N) is 1. The SMILES string of the molecule is COCCN1CC(CNc2ncc(F)c(OC)n2)CC1=O. The molecule has 1 fully saturated rings. The van der Waals surface area contributed by atoms with Crippen molar-refractivity contribution < 1.29 is 18.7 Å². The van der Waals surface area contributed by atoms with Gasteiger partial charge in [-0.3, -0.25) is 4.79 Å². The number of carbonyl (C=O) groups is 1. The number of nitrogens with zero attached hydrogens (tertiary/aromatic N) is 3. The number of anilines is 1. The molecule has 2 rings (SSSR count). The van der Waals surface area contributed by atoms with Crippen molar-refractivity contribution in [1.82, 2.24) is 14.9 Å². The van der Waals surface area contributed by atoms with Gasteiger partial charge >= 0.3 is 0 Å². The Bertz CT molecular complexity index is 500. The molecule has 0 aromatic carbocycles. The first-order valence-electron chi connectivity index (χ1n) is 6.71. The second-order valence-corrected chi connectivity index (χ2v) is 4.83. The second-order valence-electron chi connectivity index (χ2n) is 4.83. The van der Waals surface area contributed by atoms with Crippen molar-refractivity contribution in [3.63, 3.8) is 0 Å². The van der Waals surface area contributed by atoms with Crippen molar-refractivity contribution in [3.8, 4) is 5.88 Å².